The number of nitrogens with zero attached hydrogens (tertiary/aromatic N) is 1. The third-order valence-corrected chi connectivity index (χ3v) is 5.29. The minimum absolute atomic E-state index is 0.171. The number of hydrogen-bond acceptors (Lipinski definition) is 1. The Morgan fingerprint density at radius 3 is 2.07 bits per heavy atom. The van der Waals surface area contributed by atoms with Gasteiger partial charge in [-0.3, -0.25) is 4.90 Å². The number of halogens is 1. The summed E-state index contributed by atoms with van der Waals surface area (Å²) in [6.07, 6.45) is 4.38. The molecule has 3 aromatic rings. The maximum absolute atomic E-state index is 13.1. The highest BCUT2D eigenvalue weighted by Crippen LogP contribution is 2.23. The van der Waals surface area contributed by atoms with Crippen molar-refractivity contribution in [2.24, 2.45) is 0 Å². The van der Waals surface area contributed by atoms with Crippen LogP contribution in [0.3, 0.4) is 0 Å². The Kier molecular flexibility index (Phi) is 5.45. The first-order chi connectivity index (χ1) is 13.3. The highest BCUT2D eigenvalue weighted by Gasteiger charge is 2.13. The summed E-state index contributed by atoms with van der Waals surface area (Å²) in [5, 5.41) is 0. The molecule has 0 aliphatic carbocycles. The summed E-state index contributed by atoms with van der Waals surface area (Å²) in [5.74, 6) is -0.171. The second-order valence-corrected chi connectivity index (χ2v) is 7.10. The molecular weight excluding hydrogens is 333 g/mol. The quantitative estimate of drug-likeness (QED) is 0.556. The van der Waals surface area contributed by atoms with Gasteiger partial charge in [-0.25, -0.2) is 4.39 Å². The molecule has 0 spiro atoms. The lowest BCUT2D eigenvalue weighted by molar-refractivity contribution is 0.306. The Morgan fingerprint density at radius 1 is 0.741 bits per heavy atom. The fourth-order valence-corrected chi connectivity index (χ4v) is 3.62. The molecule has 2 heteroatoms. The average Bonchev–Trinajstić information content (AvgIpc) is 2.74. The van der Waals surface area contributed by atoms with Gasteiger partial charge in [-0.2, -0.15) is 0 Å². The molecule has 1 aliphatic heterocycles. The van der Waals surface area contributed by atoms with Crippen LogP contribution in [0, 0.1) is 5.82 Å². The maximum atomic E-state index is 13.1. The average molecular weight is 357 g/mol. The Labute approximate surface area is 160 Å². The number of benzene rings is 3. The lowest BCUT2D eigenvalue weighted by Gasteiger charge is -2.26. The standard InChI is InChI=1S/C25H24FN/c26-25-12-10-23(11-13-25)24-15-18-27(19-16-24)17-14-20-6-8-22(9-7-20)21-4-2-1-3-5-21/h1-13,15H,14,16-19H2. The molecule has 0 aromatic heterocycles. The van der Waals surface area contributed by atoms with Gasteiger partial charge in [0.05, 0.1) is 0 Å². The summed E-state index contributed by atoms with van der Waals surface area (Å²) in [5.41, 5.74) is 6.39. The second kappa shape index (κ2) is 8.32. The van der Waals surface area contributed by atoms with E-state index in [4.69, 9.17) is 0 Å². The van der Waals surface area contributed by atoms with Gasteiger partial charge in [-0.15, -0.1) is 0 Å². The van der Waals surface area contributed by atoms with Gasteiger partial charge in [0.2, 0.25) is 0 Å². The van der Waals surface area contributed by atoms with Crippen molar-refractivity contribution >= 4 is 5.57 Å². The van der Waals surface area contributed by atoms with Crippen molar-refractivity contribution in [3.63, 3.8) is 0 Å². The van der Waals surface area contributed by atoms with Gasteiger partial charge in [-0.1, -0.05) is 72.8 Å². The molecule has 0 unspecified atom stereocenters. The number of rotatable bonds is 5. The zero-order valence-corrected chi connectivity index (χ0v) is 15.4. The van der Waals surface area contributed by atoms with Crippen LogP contribution >= 0.6 is 0 Å². The molecule has 1 heterocycles. The van der Waals surface area contributed by atoms with Crippen molar-refractivity contribution in [2.45, 2.75) is 12.8 Å². The van der Waals surface area contributed by atoms with E-state index in [1.54, 1.807) is 12.1 Å². The largest absolute Gasteiger partial charge is 0.299 e. The molecule has 136 valence electrons. The van der Waals surface area contributed by atoms with Crippen LogP contribution in [0.1, 0.15) is 17.5 Å². The van der Waals surface area contributed by atoms with Gasteiger partial charge < -0.3 is 0 Å². The predicted octanol–water partition coefficient (Wildman–Crippen LogP) is 5.82. The molecule has 0 N–H and O–H groups in total. The fourth-order valence-electron chi connectivity index (χ4n) is 3.62. The lowest BCUT2D eigenvalue weighted by atomic mass is 9.99. The van der Waals surface area contributed by atoms with Crippen molar-refractivity contribution in [3.05, 3.63) is 102 Å². The molecular formula is C25H24FN. The first-order valence-corrected chi connectivity index (χ1v) is 9.60. The zero-order chi connectivity index (χ0) is 18.5. The van der Waals surface area contributed by atoms with Crippen LogP contribution in [0.2, 0.25) is 0 Å². The molecule has 3 aromatic carbocycles. The van der Waals surface area contributed by atoms with E-state index < -0.39 is 0 Å². The lowest BCUT2D eigenvalue weighted by Crippen LogP contribution is -2.30. The van der Waals surface area contributed by atoms with Crippen LogP contribution < -0.4 is 0 Å². The first-order valence-electron chi connectivity index (χ1n) is 9.60. The highest BCUT2D eigenvalue weighted by molar-refractivity contribution is 5.66. The SMILES string of the molecule is Fc1ccc(C2=CCN(CCc3ccc(-c4ccccc4)cc3)CC2)cc1. The third-order valence-electron chi connectivity index (χ3n) is 5.29. The smallest absolute Gasteiger partial charge is 0.123 e. The van der Waals surface area contributed by atoms with Crippen molar-refractivity contribution < 1.29 is 4.39 Å². The Morgan fingerprint density at radius 2 is 1.41 bits per heavy atom. The van der Waals surface area contributed by atoms with E-state index in [0.29, 0.717) is 0 Å². The first kappa shape index (κ1) is 17.7. The van der Waals surface area contributed by atoms with Crippen LogP contribution in [0.5, 0.6) is 0 Å². The predicted molar refractivity (Wildman–Crippen MR) is 111 cm³/mol. The monoisotopic (exact) mass is 357 g/mol. The van der Waals surface area contributed by atoms with Crippen LogP contribution in [-0.2, 0) is 6.42 Å². The van der Waals surface area contributed by atoms with Crippen LogP contribution in [0.4, 0.5) is 4.39 Å². The van der Waals surface area contributed by atoms with Crippen molar-refractivity contribution in [2.75, 3.05) is 19.6 Å². The molecule has 0 saturated carbocycles. The fraction of sp³-hybridized carbons (Fsp3) is 0.200. The van der Waals surface area contributed by atoms with Gasteiger partial charge >= 0.3 is 0 Å². The topological polar surface area (TPSA) is 3.24 Å². The van der Waals surface area contributed by atoms with E-state index in [1.165, 1.54) is 22.3 Å². The molecule has 0 atom stereocenters. The molecule has 0 saturated heterocycles. The Hall–Kier alpha value is -2.71. The van der Waals surface area contributed by atoms with Crippen LogP contribution in [0.15, 0.2) is 84.9 Å². The molecule has 27 heavy (non-hydrogen) atoms. The summed E-state index contributed by atoms with van der Waals surface area (Å²) in [7, 11) is 0. The second-order valence-electron chi connectivity index (χ2n) is 7.10. The molecule has 1 nitrogen and oxygen atoms in total. The molecule has 1 aliphatic rings. The van der Waals surface area contributed by atoms with E-state index >= 15 is 0 Å². The third kappa shape index (κ3) is 4.53. The molecule has 0 amide bonds. The minimum atomic E-state index is -0.171. The van der Waals surface area contributed by atoms with E-state index in [0.717, 1.165) is 38.0 Å². The highest BCUT2D eigenvalue weighted by atomic mass is 19.1. The summed E-state index contributed by atoms with van der Waals surface area (Å²) < 4.78 is 13.1. The van der Waals surface area contributed by atoms with Crippen molar-refractivity contribution in [1.82, 2.24) is 4.90 Å². The van der Waals surface area contributed by atoms with Crippen LogP contribution in [-0.4, -0.2) is 24.5 Å². The normalized spacial score (nSPS) is 14.8. The molecule has 4 rings (SSSR count). The molecule has 0 radical (unpaired) electrons. The van der Waals surface area contributed by atoms with Crippen molar-refractivity contribution in [3.8, 4) is 11.1 Å². The summed E-state index contributed by atoms with van der Waals surface area (Å²) >= 11 is 0. The van der Waals surface area contributed by atoms with Gasteiger partial charge in [0.25, 0.3) is 0 Å². The Balaban J connectivity index is 1.31. The molecule has 0 fully saturated rings. The number of hydrogen-bond donors (Lipinski definition) is 0. The van der Waals surface area contributed by atoms with Gasteiger partial charge in [0, 0.05) is 19.6 Å². The van der Waals surface area contributed by atoms with E-state index in [2.05, 4.69) is 59.5 Å². The van der Waals surface area contributed by atoms with Gasteiger partial charge in [-0.05, 0) is 52.8 Å². The zero-order valence-electron chi connectivity index (χ0n) is 15.4. The molecule has 0 bridgehead atoms. The van der Waals surface area contributed by atoms with E-state index in [1.807, 2.05) is 18.2 Å². The minimum Gasteiger partial charge on any atom is -0.299 e. The van der Waals surface area contributed by atoms with E-state index in [-0.39, 0.29) is 5.82 Å². The summed E-state index contributed by atoms with van der Waals surface area (Å²) in [6, 6.07) is 26.3. The van der Waals surface area contributed by atoms with E-state index in [9.17, 15) is 4.39 Å². The Bertz CT molecular complexity index is 895. The van der Waals surface area contributed by atoms with Gasteiger partial charge in [0.1, 0.15) is 5.82 Å². The van der Waals surface area contributed by atoms with Gasteiger partial charge in [0.15, 0.2) is 0 Å². The maximum Gasteiger partial charge on any atom is 0.123 e. The van der Waals surface area contributed by atoms with Crippen LogP contribution in [0.25, 0.3) is 16.7 Å². The summed E-state index contributed by atoms with van der Waals surface area (Å²) in [4.78, 5) is 2.48. The summed E-state index contributed by atoms with van der Waals surface area (Å²) in [6.45, 7) is 3.10. The van der Waals surface area contributed by atoms with Crippen molar-refractivity contribution in [1.29, 1.82) is 0 Å².